The van der Waals surface area contributed by atoms with E-state index in [-0.39, 0.29) is 5.91 Å². The Balaban J connectivity index is 2.18. The van der Waals surface area contributed by atoms with Crippen LogP contribution in [0.15, 0.2) is 42.5 Å². The molecule has 2 nitrogen and oxygen atoms in total. The molecule has 2 aromatic carbocycles. The first-order valence-electron chi connectivity index (χ1n) is 5.92. The van der Waals surface area contributed by atoms with Crippen LogP contribution in [-0.4, -0.2) is 17.9 Å². The molecule has 2 aromatic rings. The van der Waals surface area contributed by atoms with Crippen molar-refractivity contribution in [2.75, 3.05) is 7.05 Å². The molecule has 20 heavy (non-hydrogen) atoms. The summed E-state index contributed by atoms with van der Waals surface area (Å²) in [6, 6.07) is 12.8. The Morgan fingerprint density at radius 3 is 2.35 bits per heavy atom. The van der Waals surface area contributed by atoms with Crippen LogP contribution in [0.4, 0.5) is 0 Å². The predicted octanol–water partition coefficient (Wildman–Crippen LogP) is 4.87. The van der Waals surface area contributed by atoms with Crippen molar-refractivity contribution in [1.29, 1.82) is 0 Å². The number of benzene rings is 2. The van der Waals surface area contributed by atoms with E-state index >= 15 is 0 Å². The summed E-state index contributed by atoms with van der Waals surface area (Å²) in [5, 5.41) is 1.14. The Kier molecular flexibility index (Phi) is 5.29. The van der Waals surface area contributed by atoms with Gasteiger partial charge >= 0.3 is 0 Å². The minimum atomic E-state index is -0.0221. The highest BCUT2D eigenvalue weighted by molar-refractivity contribution is 14.1. The maximum absolute atomic E-state index is 12.4. The van der Waals surface area contributed by atoms with E-state index in [4.69, 9.17) is 23.2 Å². The molecule has 0 unspecified atom stereocenters. The topological polar surface area (TPSA) is 20.3 Å². The summed E-state index contributed by atoms with van der Waals surface area (Å²) in [6.07, 6.45) is 0. The number of rotatable bonds is 3. The molecule has 0 aliphatic heterocycles. The lowest BCUT2D eigenvalue weighted by molar-refractivity contribution is 0.0784. The maximum atomic E-state index is 12.4. The smallest absolute Gasteiger partial charge is 0.254 e. The average Bonchev–Trinajstić information content (AvgIpc) is 2.37. The van der Waals surface area contributed by atoms with Crippen LogP contribution in [0.2, 0.25) is 10.0 Å². The van der Waals surface area contributed by atoms with Crippen molar-refractivity contribution >= 4 is 51.7 Å². The number of nitrogens with zero attached hydrogens (tertiary/aromatic N) is 1. The van der Waals surface area contributed by atoms with Gasteiger partial charge in [0.05, 0.1) is 5.56 Å². The van der Waals surface area contributed by atoms with E-state index in [9.17, 15) is 4.79 Å². The van der Waals surface area contributed by atoms with E-state index in [0.29, 0.717) is 22.2 Å². The number of halogens is 3. The second-order valence-electron chi connectivity index (χ2n) is 4.42. The SMILES string of the molecule is CN(Cc1cc(Cl)cc(Cl)c1)C(=O)c1ccccc1I. The fraction of sp³-hybridized carbons (Fsp3) is 0.133. The van der Waals surface area contributed by atoms with Gasteiger partial charge in [0, 0.05) is 27.2 Å². The summed E-state index contributed by atoms with van der Waals surface area (Å²) in [5.41, 5.74) is 1.60. The number of amides is 1. The van der Waals surface area contributed by atoms with Crippen LogP contribution in [0.5, 0.6) is 0 Å². The lowest BCUT2D eigenvalue weighted by atomic mass is 10.1. The third-order valence-corrected chi connectivity index (χ3v) is 4.17. The molecule has 0 bridgehead atoms. The number of hydrogen-bond donors (Lipinski definition) is 0. The van der Waals surface area contributed by atoms with E-state index in [2.05, 4.69) is 22.6 Å². The van der Waals surface area contributed by atoms with Crippen molar-refractivity contribution in [2.24, 2.45) is 0 Å². The van der Waals surface area contributed by atoms with Gasteiger partial charge < -0.3 is 4.90 Å². The van der Waals surface area contributed by atoms with Crippen molar-refractivity contribution in [3.8, 4) is 0 Å². The highest BCUT2D eigenvalue weighted by Crippen LogP contribution is 2.21. The molecule has 0 saturated carbocycles. The van der Waals surface area contributed by atoms with Gasteiger partial charge in [-0.2, -0.15) is 0 Å². The molecule has 0 aliphatic carbocycles. The van der Waals surface area contributed by atoms with Gasteiger partial charge in [-0.05, 0) is 58.5 Å². The Bertz CT molecular complexity index is 625. The van der Waals surface area contributed by atoms with Gasteiger partial charge in [-0.15, -0.1) is 0 Å². The molecule has 5 heteroatoms. The van der Waals surface area contributed by atoms with E-state index in [1.807, 2.05) is 36.4 Å². The van der Waals surface area contributed by atoms with Gasteiger partial charge in [-0.25, -0.2) is 0 Å². The highest BCUT2D eigenvalue weighted by atomic mass is 127. The largest absolute Gasteiger partial charge is 0.337 e. The average molecular weight is 420 g/mol. The van der Waals surface area contributed by atoms with Crippen LogP contribution in [0.3, 0.4) is 0 Å². The molecule has 0 fully saturated rings. The molecule has 0 heterocycles. The Hall–Kier alpha value is -0.780. The van der Waals surface area contributed by atoms with Gasteiger partial charge in [0.25, 0.3) is 5.91 Å². The van der Waals surface area contributed by atoms with Crippen molar-refractivity contribution in [3.05, 3.63) is 67.2 Å². The molecule has 0 radical (unpaired) electrons. The third kappa shape index (κ3) is 3.87. The summed E-state index contributed by atoms with van der Waals surface area (Å²) in [7, 11) is 1.76. The van der Waals surface area contributed by atoms with E-state index in [1.54, 1.807) is 18.0 Å². The van der Waals surface area contributed by atoms with Crippen LogP contribution in [0.25, 0.3) is 0 Å². The molecule has 0 saturated heterocycles. The molecular formula is C15H12Cl2INO. The van der Waals surface area contributed by atoms with Crippen molar-refractivity contribution in [1.82, 2.24) is 4.90 Å². The molecular weight excluding hydrogens is 408 g/mol. The van der Waals surface area contributed by atoms with Gasteiger partial charge in [-0.1, -0.05) is 35.3 Å². The zero-order valence-electron chi connectivity index (χ0n) is 10.7. The first-order chi connectivity index (χ1) is 9.47. The Labute approximate surface area is 141 Å². The monoisotopic (exact) mass is 419 g/mol. The first kappa shape index (κ1) is 15.6. The third-order valence-electron chi connectivity index (χ3n) is 2.79. The summed E-state index contributed by atoms with van der Waals surface area (Å²) in [6.45, 7) is 0.462. The second kappa shape index (κ2) is 6.78. The second-order valence-corrected chi connectivity index (χ2v) is 6.45. The van der Waals surface area contributed by atoms with Gasteiger partial charge in [-0.3, -0.25) is 4.79 Å². The van der Waals surface area contributed by atoms with Crippen molar-refractivity contribution in [3.63, 3.8) is 0 Å². The van der Waals surface area contributed by atoms with Gasteiger partial charge in [0.1, 0.15) is 0 Å². The van der Waals surface area contributed by atoms with Crippen LogP contribution in [-0.2, 0) is 6.54 Å². The number of carbonyl (C=O) groups excluding carboxylic acids is 1. The standard InChI is InChI=1S/C15H12Cl2INO/c1-19(9-10-6-11(16)8-12(17)7-10)15(20)13-4-2-3-5-14(13)18/h2-8H,9H2,1H3. The summed E-state index contributed by atoms with van der Waals surface area (Å²) in [4.78, 5) is 14.0. The van der Waals surface area contributed by atoms with Gasteiger partial charge in [0.15, 0.2) is 0 Å². The fourth-order valence-electron chi connectivity index (χ4n) is 1.89. The van der Waals surface area contributed by atoms with Crippen molar-refractivity contribution < 1.29 is 4.79 Å². The highest BCUT2D eigenvalue weighted by Gasteiger charge is 2.14. The van der Waals surface area contributed by atoms with Crippen molar-refractivity contribution in [2.45, 2.75) is 6.54 Å². The first-order valence-corrected chi connectivity index (χ1v) is 7.76. The minimum Gasteiger partial charge on any atom is -0.337 e. The Morgan fingerprint density at radius 2 is 1.75 bits per heavy atom. The number of hydrogen-bond acceptors (Lipinski definition) is 1. The molecule has 2 rings (SSSR count). The Morgan fingerprint density at radius 1 is 1.15 bits per heavy atom. The molecule has 0 aliphatic rings. The lowest BCUT2D eigenvalue weighted by Gasteiger charge is -2.18. The molecule has 1 amide bonds. The quantitative estimate of drug-likeness (QED) is 0.650. The van der Waals surface area contributed by atoms with Crippen LogP contribution < -0.4 is 0 Å². The molecule has 0 atom stereocenters. The summed E-state index contributed by atoms with van der Waals surface area (Å²) >= 11 is 14.1. The summed E-state index contributed by atoms with van der Waals surface area (Å²) in [5.74, 6) is -0.0221. The fourth-order valence-corrected chi connectivity index (χ4v) is 3.08. The summed E-state index contributed by atoms with van der Waals surface area (Å²) < 4.78 is 0.936. The number of carbonyl (C=O) groups is 1. The minimum absolute atomic E-state index is 0.0221. The zero-order chi connectivity index (χ0) is 14.7. The van der Waals surface area contributed by atoms with E-state index in [1.165, 1.54) is 0 Å². The maximum Gasteiger partial charge on any atom is 0.254 e. The van der Waals surface area contributed by atoms with E-state index in [0.717, 1.165) is 9.13 Å². The zero-order valence-corrected chi connectivity index (χ0v) is 14.4. The molecule has 104 valence electrons. The predicted molar refractivity (Wildman–Crippen MR) is 91.4 cm³/mol. The van der Waals surface area contributed by atoms with E-state index < -0.39 is 0 Å². The molecule has 0 N–H and O–H groups in total. The van der Waals surface area contributed by atoms with Crippen LogP contribution in [0, 0.1) is 3.57 Å². The lowest BCUT2D eigenvalue weighted by Crippen LogP contribution is -2.26. The van der Waals surface area contributed by atoms with Gasteiger partial charge in [0.2, 0.25) is 0 Å². The van der Waals surface area contributed by atoms with Crippen LogP contribution in [0.1, 0.15) is 15.9 Å². The molecule has 0 aromatic heterocycles. The van der Waals surface area contributed by atoms with Crippen LogP contribution >= 0.6 is 45.8 Å². The normalized spacial score (nSPS) is 10.4. The molecule has 0 spiro atoms.